The molecule has 0 aliphatic rings. The van der Waals surface area contributed by atoms with Crippen molar-refractivity contribution in [3.63, 3.8) is 0 Å². The number of benzene rings is 2. The molecule has 0 saturated carbocycles. The molecule has 2 aromatic carbocycles. The van der Waals surface area contributed by atoms with Gasteiger partial charge in [0.05, 0.1) is 17.7 Å². The fourth-order valence-corrected chi connectivity index (χ4v) is 3.29. The van der Waals surface area contributed by atoms with Gasteiger partial charge >= 0.3 is 11.9 Å². The van der Waals surface area contributed by atoms with Crippen molar-refractivity contribution in [3.8, 4) is 5.75 Å². The molecule has 2 aromatic rings. The second-order valence-electron chi connectivity index (χ2n) is 8.58. The van der Waals surface area contributed by atoms with Crippen LogP contribution in [0.5, 0.6) is 5.75 Å². The fraction of sp³-hybridized carbons (Fsp3) is 0.462. The van der Waals surface area contributed by atoms with Crippen LogP contribution in [0.1, 0.15) is 92.5 Å². The lowest BCUT2D eigenvalue weighted by Crippen LogP contribution is -2.19. The van der Waals surface area contributed by atoms with Crippen LogP contribution in [0, 0.1) is 0 Å². The summed E-state index contributed by atoms with van der Waals surface area (Å²) < 4.78 is 11.1. The van der Waals surface area contributed by atoms with E-state index in [1.165, 1.54) is 19.3 Å². The quantitative estimate of drug-likeness (QED) is 0.248. The van der Waals surface area contributed by atoms with Crippen LogP contribution in [-0.4, -0.2) is 18.5 Å². The van der Waals surface area contributed by atoms with Crippen molar-refractivity contribution in [2.45, 2.75) is 71.6 Å². The minimum atomic E-state index is -0.557. The second-order valence-corrected chi connectivity index (χ2v) is 8.58. The molecule has 0 amide bonds. The molecular weight excluding hydrogens is 376 g/mol. The Bertz CT molecular complexity index is 833. The summed E-state index contributed by atoms with van der Waals surface area (Å²) in [5.41, 5.74) is 1.21. The number of para-hydroxylation sites is 1. The maximum atomic E-state index is 12.9. The van der Waals surface area contributed by atoms with E-state index in [-0.39, 0.29) is 16.5 Å². The van der Waals surface area contributed by atoms with Crippen molar-refractivity contribution in [3.05, 3.63) is 65.2 Å². The Morgan fingerprint density at radius 3 is 2.00 bits per heavy atom. The van der Waals surface area contributed by atoms with Gasteiger partial charge < -0.3 is 9.47 Å². The predicted octanol–water partition coefficient (Wildman–Crippen LogP) is 6.72. The van der Waals surface area contributed by atoms with E-state index in [0.29, 0.717) is 12.4 Å². The van der Waals surface area contributed by atoms with Gasteiger partial charge in [-0.2, -0.15) is 0 Å². The summed E-state index contributed by atoms with van der Waals surface area (Å²) in [6.07, 6.45) is 6.70. The van der Waals surface area contributed by atoms with Crippen molar-refractivity contribution in [2.75, 3.05) is 6.61 Å². The molecule has 4 nitrogen and oxygen atoms in total. The third-order valence-corrected chi connectivity index (χ3v) is 5.00. The largest absolute Gasteiger partial charge is 0.462 e. The van der Waals surface area contributed by atoms with Gasteiger partial charge in [0, 0.05) is 5.56 Å². The molecule has 4 heteroatoms. The van der Waals surface area contributed by atoms with Gasteiger partial charge in [0.15, 0.2) is 0 Å². The van der Waals surface area contributed by atoms with Crippen molar-refractivity contribution in [2.24, 2.45) is 0 Å². The number of unbranched alkanes of at least 4 members (excludes halogenated alkanes) is 5. The molecule has 0 bridgehead atoms. The molecule has 0 N–H and O–H groups in total. The van der Waals surface area contributed by atoms with E-state index in [1.807, 2.05) is 18.2 Å². The van der Waals surface area contributed by atoms with Crippen LogP contribution in [0.25, 0.3) is 0 Å². The van der Waals surface area contributed by atoms with Gasteiger partial charge in [-0.15, -0.1) is 0 Å². The lowest BCUT2D eigenvalue weighted by molar-refractivity contribution is 0.0489. The van der Waals surface area contributed by atoms with Gasteiger partial charge in [-0.25, -0.2) is 9.59 Å². The van der Waals surface area contributed by atoms with Crippen molar-refractivity contribution in [1.29, 1.82) is 0 Å². The van der Waals surface area contributed by atoms with E-state index < -0.39 is 11.9 Å². The van der Waals surface area contributed by atoms with E-state index in [9.17, 15) is 9.59 Å². The normalized spacial score (nSPS) is 11.2. The average Bonchev–Trinajstić information content (AvgIpc) is 2.72. The number of hydrogen-bond donors (Lipinski definition) is 0. The summed E-state index contributed by atoms with van der Waals surface area (Å²) in [6.45, 7) is 8.74. The zero-order valence-electron chi connectivity index (χ0n) is 18.7. The average molecular weight is 411 g/mol. The van der Waals surface area contributed by atoms with Crippen molar-refractivity contribution < 1.29 is 19.1 Å². The van der Waals surface area contributed by atoms with E-state index in [2.05, 4.69) is 27.7 Å². The summed E-state index contributed by atoms with van der Waals surface area (Å²) in [6, 6.07) is 14.1. The minimum absolute atomic E-state index is 0.174. The highest BCUT2D eigenvalue weighted by atomic mass is 16.5. The first kappa shape index (κ1) is 23.7. The Labute approximate surface area is 180 Å². The SMILES string of the molecule is CCCCCCCCOC(=O)c1ccccc1C(=O)Oc1ccccc1C(C)(C)C. The molecule has 0 spiro atoms. The standard InChI is InChI=1S/C26H34O4/c1-5-6-7-8-9-14-19-29-24(27)20-15-10-11-16-21(20)25(28)30-23-18-13-12-17-22(23)26(2,3)4/h10-13,15-18H,5-9,14,19H2,1-4H3. The van der Waals surface area contributed by atoms with Crippen molar-refractivity contribution >= 4 is 11.9 Å². The van der Waals surface area contributed by atoms with Crippen LogP contribution in [-0.2, 0) is 10.2 Å². The van der Waals surface area contributed by atoms with Crippen LogP contribution in [0.15, 0.2) is 48.5 Å². The Hall–Kier alpha value is -2.62. The lowest BCUT2D eigenvalue weighted by atomic mass is 9.86. The van der Waals surface area contributed by atoms with E-state index in [0.717, 1.165) is 24.8 Å². The molecule has 162 valence electrons. The molecule has 2 rings (SSSR count). The fourth-order valence-electron chi connectivity index (χ4n) is 3.29. The third kappa shape index (κ3) is 7.01. The van der Waals surface area contributed by atoms with Crippen molar-refractivity contribution in [1.82, 2.24) is 0 Å². The van der Waals surface area contributed by atoms with E-state index in [4.69, 9.17) is 9.47 Å². The van der Waals surface area contributed by atoms with Crippen LogP contribution in [0.4, 0.5) is 0 Å². The Kier molecular flexibility index (Phi) is 9.10. The first-order valence-electron chi connectivity index (χ1n) is 10.9. The lowest BCUT2D eigenvalue weighted by Gasteiger charge is -2.22. The molecule has 0 radical (unpaired) electrons. The molecule has 0 fully saturated rings. The predicted molar refractivity (Wildman–Crippen MR) is 120 cm³/mol. The molecular formula is C26H34O4. The van der Waals surface area contributed by atoms with E-state index >= 15 is 0 Å². The van der Waals surface area contributed by atoms with Gasteiger partial charge in [0.2, 0.25) is 0 Å². The molecule has 0 heterocycles. The molecule has 0 atom stereocenters. The van der Waals surface area contributed by atoms with Crippen LogP contribution < -0.4 is 4.74 Å². The smallest absolute Gasteiger partial charge is 0.344 e. The monoisotopic (exact) mass is 410 g/mol. The Morgan fingerprint density at radius 1 is 0.767 bits per heavy atom. The first-order valence-corrected chi connectivity index (χ1v) is 10.9. The number of esters is 2. The molecule has 0 aliphatic carbocycles. The highest BCUT2D eigenvalue weighted by Crippen LogP contribution is 2.31. The minimum Gasteiger partial charge on any atom is -0.462 e. The van der Waals surface area contributed by atoms with Gasteiger partial charge in [0.25, 0.3) is 0 Å². The Morgan fingerprint density at radius 2 is 1.33 bits per heavy atom. The zero-order valence-corrected chi connectivity index (χ0v) is 18.7. The van der Waals surface area contributed by atoms with Crippen LogP contribution in [0.3, 0.4) is 0 Å². The van der Waals surface area contributed by atoms with Gasteiger partial charge in [-0.1, -0.05) is 90.1 Å². The summed E-state index contributed by atoms with van der Waals surface area (Å²) in [4.78, 5) is 25.4. The molecule has 0 aliphatic heterocycles. The molecule has 30 heavy (non-hydrogen) atoms. The number of carbonyl (C=O) groups is 2. The molecule has 0 saturated heterocycles. The van der Waals surface area contributed by atoms with Crippen LogP contribution in [0.2, 0.25) is 0 Å². The molecule has 0 aromatic heterocycles. The topological polar surface area (TPSA) is 52.6 Å². The Balaban J connectivity index is 2.03. The highest BCUT2D eigenvalue weighted by Gasteiger charge is 2.23. The third-order valence-electron chi connectivity index (χ3n) is 5.00. The van der Waals surface area contributed by atoms with Gasteiger partial charge in [-0.05, 0) is 30.0 Å². The van der Waals surface area contributed by atoms with Gasteiger partial charge in [-0.3, -0.25) is 0 Å². The molecule has 0 unspecified atom stereocenters. The second kappa shape index (κ2) is 11.5. The highest BCUT2D eigenvalue weighted by molar-refractivity contribution is 6.03. The maximum Gasteiger partial charge on any atom is 0.344 e. The summed E-state index contributed by atoms with van der Waals surface area (Å²) in [5.74, 6) is -0.538. The number of carbonyl (C=O) groups excluding carboxylic acids is 2. The maximum absolute atomic E-state index is 12.9. The van der Waals surface area contributed by atoms with Gasteiger partial charge in [0.1, 0.15) is 5.75 Å². The van der Waals surface area contributed by atoms with E-state index in [1.54, 1.807) is 30.3 Å². The zero-order chi connectivity index (χ0) is 22.0. The number of hydrogen-bond acceptors (Lipinski definition) is 4. The summed E-state index contributed by atoms with van der Waals surface area (Å²) in [5, 5.41) is 0. The summed E-state index contributed by atoms with van der Waals surface area (Å²) in [7, 11) is 0. The number of rotatable bonds is 10. The summed E-state index contributed by atoms with van der Waals surface area (Å²) >= 11 is 0. The number of ether oxygens (including phenoxy) is 2. The van der Waals surface area contributed by atoms with Crippen LogP contribution >= 0.6 is 0 Å². The first-order chi connectivity index (χ1) is 14.3.